The zero-order chi connectivity index (χ0) is 28.1. The number of amides is 1. The number of nitrogens with one attached hydrogen (secondary N) is 1. The number of carbonyl (C=O) groups excluding carboxylic acids is 1. The van der Waals surface area contributed by atoms with Gasteiger partial charge >= 0.3 is 6.09 Å². The predicted octanol–water partition coefficient (Wildman–Crippen LogP) is 6.09. The van der Waals surface area contributed by atoms with E-state index in [9.17, 15) is 4.79 Å². The van der Waals surface area contributed by atoms with Gasteiger partial charge < -0.3 is 24.6 Å². The van der Waals surface area contributed by atoms with Crippen molar-refractivity contribution < 1.29 is 18.7 Å². The molecule has 11 heteroatoms. The lowest BCUT2D eigenvalue weighted by molar-refractivity contribution is 0.0239. The minimum atomic E-state index is -0.561. The number of anilines is 1. The van der Waals surface area contributed by atoms with Gasteiger partial charge in [0.1, 0.15) is 17.7 Å². The summed E-state index contributed by atoms with van der Waals surface area (Å²) in [5.41, 5.74) is 1.13. The number of ether oxygens (including phenoxy) is 2. The molecule has 6 rings (SSSR count). The van der Waals surface area contributed by atoms with E-state index in [0.29, 0.717) is 41.4 Å². The van der Waals surface area contributed by atoms with Crippen LogP contribution in [0.25, 0.3) is 10.9 Å². The van der Waals surface area contributed by atoms with E-state index in [0.717, 1.165) is 40.6 Å². The van der Waals surface area contributed by atoms with Crippen LogP contribution in [0, 0.1) is 26.6 Å². The van der Waals surface area contributed by atoms with Crippen molar-refractivity contribution in [3.63, 3.8) is 0 Å². The number of likely N-dealkylation sites (N-methyl/N-ethyl adjacent to an activating group) is 1. The quantitative estimate of drug-likeness (QED) is 0.348. The molecule has 2 bridgehead atoms. The summed E-state index contributed by atoms with van der Waals surface area (Å²) in [7, 11) is 2.09. The second-order valence-electron chi connectivity index (χ2n) is 11.8. The normalized spacial score (nSPS) is 24.5. The molecule has 1 N–H and O–H groups in total. The monoisotopic (exact) mass is 713 g/mol. The van der Waals surface area contributed by atoms with Crippen molar-refractivity contribution >= 4 is 61.2 Å². The number of aromatic nitrogens is 1. The van der Waals surface area contributed by atoms with E-state index in [1.54, 1.807) is 0 Å². The van der Waals surface area contributed by atoms with Crippen LogP contribution in [-0.4, -0.2) is 71.3 Å². The van der Waals surface area contributed by atoms with E-state index in [2.05, 4.69) is 66.8 Å². The molecule has 0 spiro atoms. The Labute approximate surface area is 250 Å². The van der Waals surface area contributed by atoms with Gasteiger partial charge in [0.15, 0.2) is 5.82 Å². The number of hydrogen-bond donors (Lipinski definition) is 1. The summed E-state index contributed by atoms with van der Waals surface area (Å²) in [6, 6.07) is 4.37. The summed E-state index contributed by atoms with van der Waals surface area (Å²) in [5, 5.41) is 13.4. The van der Waals surface area contributed by atoms with Gasteiger partial charge in [0, 0.05) is 30.3 Å². The van der Waals surface area contributed by atoms with Crippen LogP contribution in [-0.2, 0) is 11.2 Å². The van der Waals surface area contributed by atoms with Gasteiger partial charge in [-0.05, 0) is 110 Å². The minimum absolute atomic E-state index is 0.00118. The van der Waals surface area contributed by atoms with Gasteiger partial charge in [-0.2, -0.15) is 5.26 Å². The van der Waals surface area contributed by atoms with Gasteiger partial charge in [-0.1, -0.05) is 0 Å². The van der Waals surface area contributed by atoms with Gasteiger partial charge in [-0.3, -0.25) is 0 Å². The molecule has 3 unspecified atom stereocenters. The first kappa shape index (κ1) is 28.6. The number of hydrogen-bond acceptors (Lipinski definition) is 7. The van der Waals surface area contributed by atoms with Crippen LogP contribution in [0.1, 0.15) is 52.0 Å². The number of likely N-dealkylation sites (tertiary alicyclic amines) is 1. The Morgan fingerprint density at radius 2 is 2.18 bits per heavy atom. The number of fused-ring (bicyclic) bond motifs is 2. The lowest BCUT2D eigenvalue weighted by Crippen LogP contribution is -2.50. The molecule has 1 aromatic carbocycles. The van der Waals surface area contributed by atoms with Crippen LogP contribution >= 0.6 is 38.5 Å². The SMILES string of the molecule is CN1CCC[C@H]1COc1nc2c(F)c(Br)c(CCC#N)cc2c(NC2C3CC2N(C(=O)OC(C)(C)C)C3)c1I. The van der Waals surface area contributed by atoms with Crippen LogP contribution in [0.4, 0.5) is 14.9 Å². The smallest absolute Gasteiger partial charge is 0.410 e. The Kier molecular flexibility index (Phi) is 8.19. The second-order valence-corrected chi connectivity index (χ2v) is 13.6. The van der Waals surface area contributed by atoms with E-state index in [1.165, 1.54) is 0 Å². The van der Waals surface area contributed by atoms with Gasteiger partial charge in [0.2, 0.25) is 5.88 Å². The zero-order valence-electron chi connectivity index (χ0n) is 22.7. The van der Waals surface area contributed by atoms with Crippen molar-refractivity contribution in [1.29, 1.82) is 5.26 Å². The summed E-state index contributed by atoms with van der Waals surface area (Å²) in [5.74, 6) is 0.211. The third-order valence-electron chi connectivity index (χ3n) is 7.97. The highest BCUT2D eigenvalue weighted by Crippen LogP contribution is 2.46. The highest BCUT2D eigenvalue weighted by atomic mass is 127. The lowest BCUT2D eigenvalue weighted by atomic mass is 9.80. The summed E-state index contributed by atoms with van der Waals surface area (Å²) >= 11 is 5.63. The molecule has 4 heterocycles. The standard InChI is InChI=1S/C28H34BrFIN5O3/c1-28(2,3)39-27(37)36-13-16-12-19(36)23(16)33-25-18-11-15(7-5-9-32)20(29)21(30)24(18)34-26(22(25)31)38-14-17-8-6-10-35(17)4/h11,16-17,19,23H,5-8,10,12-14H2,1-4H3,(H,33,34)/t16?,17-,19?,23?/m0/s1. The Morgan fingerprint density at radius 1 is 1.41 bits per heavy atom. The number of nitrogens with zero attached hydrogens (tertiary/aromatic N) is 4. The van der Waals surface area contributed by atoms with Crippen molar-refractivity contribution in [3.8, 4) is 11.9 Å². The average Bonchev–Trinajstić information content (AvgIpc) is 3.58. The third-order valence-corrected chi connectivity index (χ3v) is 9.83. The van der Waals surface area contributed by atoms with E-state index >= 15 is 4.39 Å². The number of benzene rings is 1. The van der Waals surface area contributed by atoms with Gasteiger partial charge in [-0.15, -0.1) is 0 Å². The van der Waals surface area contributed by atoms with E-state index in [1.807, 2.05) is 31.7 Å². The first-order chi connectivity index (χ1) is 18.5. The maximum atomic E-state index is 15.7. The molecule has 4 atom stereocenters. The molecule has 8 nitrogen and oxygen atoms in total. The molecule has 4 fully saturated rings. The first-order valence-corrected chi connectivity index (χ1v) is 15.3. The molecule has 1 saturated carbocycles. The Balaban J connectivity index is 1.49. The van der Waals surface area contributed by atoms with E-state index in [-0.39, 0.29) is 36.0 Å². The van der Waals surface area contributed by atoms with Crippen LogP contribution in [0.15, 0.2) is 10.5 Å². The predicted molar refractivity (Wildman–Crippen MR) is 159 cm³/mol. The Hall–Kier alpha value is -1.91. The van der Waals surface area contributed by atoms with Crippen molar-refractivity contribution in [2.45, 2.75) is 76.6 Å². The summed E-state index contributed by atoms with van der Waals surface area (Å²) in [6.07, 6.45) is 3.50. The summed E-state index contributed by atoms with van der Waals surface area (Å²) in [6.45, 7) is 7.75. The van der Waals surface area contributed by atoms with Gasteiger partial charge in [-0.25, -0.2) is 14.2 Å². The molecular formula is C28H34BrFIN5O3. The maximum absolute atomic E-state index is 15.7. The zero-order valence-corrected chi connectivity index (χ0v) is 26.4. The van der Waals surface area contributed by atoms with Crippen molar-refractivity contribution in [3.05, 3.63) is 25.5 Å². The molecule has 39 heavy (non-hydrogen) atoms. The maximum Gasteiger partial charge on any atom is 0.410 e. The highest BCUT2D eigenvalue weighted by Gasteiger charge is 2.55. The van der Waals surface area contributed by atoms with Crippen LogP contribution < -0.4 is 10.1 Å². The molecule has 1 aliphatic carbocycles. The molecule has 2 aromatic rings. The third kappa shape index (κ3) is 5.66. The van der Waals surface area contributed by atoms with E-state index in [4.69, 9.17) is 14.7 Å². The number of rotatable bonds is 7. The van der Waals surface area contributed by atoms with Gasteiger partial charge in [0.25, 0.3) is 0 Å². The number of nitriles is 1. The summed E-state index contributed by atoms with van der Waals surface area (Å²) in [4.78, 5) is 21.6. The molecule has 3 aliphatic heterocycles. The molecule has 1 aromatic heterocycles. The van der Waals surface area contributed by atoms with Crippen molar-refractivity contribution in [1.82, 2.24) is 14.8 Å². The number of carbonyl (C=O) groups is 1. The number of halogens is 3. The fourth-order valence-corrected chi connectivity index (χ4v) is 7.07. The van der Waals surface area contributed by atoms with Crippen molar-refractivity contribution in [2.24, 2.45) is 5.92 Å². The molecule has 4 aliphatic rings. The summed E-state index contributed by atoms with van der Waals surface area (Å²) < 4.78 is 28.7. The molecule has 210 valence electrons. The average molecular weight is 714 g/mol. The van der Waals surface area contributed by atoms with E-state index < -0.39 is 11.4 Å². The molecule has 1 amide bonds. The fraction of sp³-hybridized carbons (Fsp3) is 0.607. The molecule has 0 radical (unpaired) electrons. The minimum Gasteiger partial charge on any atom is -0.475 e. The van der Waals surface area contributed by atoms with Crippen molar-refractivity contribution in [2.75, 3.05) is 32.1 Å². The topological polar surface area (TPSA) is 90.7 Å². The Bertz CT molecular complexity index is 1330. The fourth-order valence-electron chi connectivity index (χ4n) is 5.85. The molecule has 3 saturated heterocycles. The van der Waals surface area contributed by atoms with Crippen LogP contribution in [0.5, 0.6) is 5.88 Å². The number of pyridine rings is 1. The van der Waals surface area contributed by atoms with Crippen LogP contribution in [0.3, 0.4) is 0 Å². The highest BCUT2D eigenvalue weighted by molar-refractivity contribution is 14.1. The lowest BCUT2D eigenvalue weighted by Gasteiger charge is -2.38. The second kappa shape index (κ2) is 11.2. The van der Waals surface area contributed by atoms with Crippen LogP contribution in [0.2, 0.25) is 0 Å². The number of aryl methyl sites for hydroxylation is 1. The first-order valence-electron chi connectivity index (χ1n) is 13.4. The Morgan fingerprint density at radius 3 is 2.85 bits per heavy atom. The largest absolute Gasteiger partial charge is 0.475 e. The van der Waals surface area contributed by atoms with Gasteiger partial charge in [0.05, 0.1) is 31.9 Å². The molecular weight excluding hydrogens is 680 g/mol.